The van der Waals surface area contributed by atoms with Crippen molar-refractivity contribution in [1.82, 2.24) is 5.32 Å². The van der Waals surface area contributed by atoms with Gasteiger partial charge in [-0.1, -0.05) is 13.0 Å². The molecule has 1 heterocycles. The minimum absolute atomic E-state index is 0.0957. The van der Waals surface area contributed by atoms with Crippen LogP contribution in [0, 0.1) is 5.82 Å². The molecule has 0 bridgehead atoms. The number of hydrogen-bond donors (Lipinski definition) is 2. The highest BCUT2D eigenvalue weighted by Crippen LogP contribution is 2.27. The molecule has 0 radical (unpaired) electrons. The molecule has 2 aromatic rings. The van der Waals surface area contributed by atoms with Gasteiger partial charge in [0.1, 0.15) is 5.82 Å². The van der Waals surface area contributed by atoms with Crippen LogP contribution in [-0.2, 0) is 0 Å². The molecular weight excluding hydrogens is 253 g/mol. The third-order valence-corrected chi connectivity index (χ3v) is 3.88. The first-order valence-corrected chi connectivity index (χ1v) is 6.57. The summed E-state index contributed by atoms with van der Waals surface area (Å²) >= 11 is 1.25. The molecule has 1 amide bonds. The van der Waals surface area contributed by atoms with Gasteiger partial charge in [-0.2, -0.15) is 0 Å². The van der Waals surface area contributed by atoms with Gasteiger partial charge in [-0.05, 0) is 24.6 Å². The number of aliphatic hydroxyl groups is 1. The summed E-state index contributed by atoms with van der Waals surface area (Å²) in [5, 5.41) is 12.2. The summed E-state index contributed by atoms with van der Waals surface area (Å²) in [6.07, 6.45) is 0.654. The van der Waals surface area contributed by atoms with Gasteiger partial charge in [-0.15, -0.1) is 11.3 Å². The molecule has 2 N–H and O–H groups in total. The maximum Gasteiger partial charge on any atom is 0.261 e. The molecule has 96 valence electrons. The quantitative estimate of drug-likeness (QED) is 0.894. The third-order valence-electron chi connectivity index (χ3n) is 2.78. The average Bonchev–Trinajstić information content (AvgIpc) is 2.81. The van der Waals surface area contributed by atoms with Crippen molar-refractivity contribution in [3.8, 4) is 0 Å². The summed E-state index contributed by atoms with van der Waals surface area (Å²) in [6.45, 7) is 1.78. The highest BCUT2D eigenvalue weighted by molar-refractivity contribution is 7.20. The Morgan fingerprint density at radius 1 is 1.56 bits per heavy atom. The molecule has 5 heteroatoms. The minimum Gasteiger partial charge on any atom is -0.394 e. The van der Waals surface area contributed by atoms with E-state index in [1.54, 1.807) is 18.2 Å². The maximum absolute atomic E-state index is 13.5. The summed E-state index contributed by atoms with van der Waals surface area (Å²) < 4.78 is 14.2. The molecule has 0 fully saturated rings. The van der Waals surface area contributed by atoms with Gasteiger partial charge >= 0.3 is 0 Å². The molecule has 1 aromatic carbocycles. The van der Waals surface area contributed by atoms with E-state index < -0.39 is 0 Å². The fourth-order valence-corrected chi connectivity index (χ4v) is 2.65. The number of thiophene rings is 1. The molecule has 0 spiro atoms. The summed E-state index contributed by atoms with van der Waals surface area (Å²) in [5.41, 5.74) is 0. The fourth-order valence-electron chi connectivity index (χ4n) is 1.67. The van der Waals surface area contributed by atoms with E-state index >= 15 is 0 Å². The Kier molecular flexibility index (Phi) is 3.93. The summed E-state index contributed by atoms with van der Waals surface area (Å²) in [7, 11) is 0. The number of carbonyl (C=O) groups excluding carboxylic acids is 1. The first-order chi connectivity index (χ1) is 8.65. The second-order valence-electron chi connectivity index (χ2n) is 4.02. The number of fused-ring (bicyclic) bond motifs is 1. The van der Waals surface area contributed by atoms with Crippen LogP contribution in [0.3, 0.4) is 0 Å². The molecule has 0 saturated carbocycles. The molecule has 1 aromatic heterocycles. The van der Waals surface area contributed by atoms with E-state index in [9.17, 15) is 9.18 Å². The van der Waals surface area contributed by atoms with Gasteiger partial charge in [-0.3, -0.25) is 4.79 Å². The smallest absolute Gasteiger partial charge is 0.261 e. The standard InChI is InChI=1S/C13H14FNO2S/c1-2-8(7-16)15-13(17)12-6-9-10(14)4-3-5-11(9)18-12/h3-6,8,16H,2,7H2,1H3,(H,15,17)/t8-/m1/s1. The van der Waals surface area contributed by atoms with Gasteiger partial charge in [0.25, 0.3) is 5.91 Å². The molecule has 1 atom stereocenters. The van der Waals surface area contributed by atoms with Gasteiger partial charge in [0.15, 0.2) is 0 Å². The van der Waals surface area contributed by atoms with E-state index in [-0.39, 0.29) is 24.4 Å². The number of amides is 1. The number of nitrogens with one attached hydrogen (secondary N) is 1. The Morgan fingerprint density at radius 3 is 2.94 bits per heavy atom. The van der Waals surface area contributed by atoms with Crippen LogP contribution in [0.1, 0.15) is 23.0 Å². The number of hydrogen-bond acceptors (Lipinski definition) is 3. The number of rotatable bonds is 4. The Balaban J connectivity index is 2.26. The van der Waals surface area contributed by atoms with Crippen molar-refractivity contribution in [3.63, 3.8) is 0 Å². The molecular formula is C13H14FNO2S. The molecule has 0 aliphatic rings. The van der Waals surface area contributed by atoms with Crippen LogP contribution in [0.25, 0.3) is 10.1 Å². The number of halogens is 1. The molecule has 0 saturated heterocycles. The van der Waals surface area contributed by atoms with Crippen molar-refractivity contribution in [2.45, 2.75) is 19.4 Å². The van der Waals surface area contributed by atoms with Crippen molar-refractivity contribution >= 4 is 27.3 Å². The van der Waals surface area contributed by atoms with Crippen LogP contribution >= 0.6 is 11.3 Å². The topological polar surface area (TPSA) is 49.3 Å². The highest BCUT2D eigenvalue weighted by Gasteiger charge is 2.15. The van der Waals surface area contributed by atoms with Gasteiger partial charge < -0.3 is 10.4 Å². The molecule has 18 heavy (non-hydrogen) atoms. The lowest BCUT2D eigenvalue weighted by Crippen LogP contribution is -2.36. The molecule has 0 aliphatic carbocycles. The number of carbonyl (C=O) groups is 1. The van der Waals surface area contributed by atoms with Crippen LogP contribution in [0.15, 0.2) is 24.3 Å². The fraction of sp³-hybridized carbons (Fsp3) is 0.308. The second-order valence-corrected chi connectivity index (χ2v) is 5.11. The van der Waals surface area contributed by atoms with E-state index in [1.165, 1.54) is 17.4 Å². The lowest BCUT2D eigenvalue weighted by molar-refractivity contribution is 0.0919. The zero-order valence-corrected chi connectivity index (χ0v) is 10.8. The zero-order chi connectivity index (χ0) is 13.1. The van der Waals surface area contributed by atoms with Gasteiger partial charge in [0.2, 0.25) is 0 Å². The Labute approximate surface area is 108 Å². The SMILES string of the molecule is CC[C@H](CO)NC(=O)c1cc2c(F)cccc2s1. The predicted octanol–water partition coefficient (Wildman–Crippen LogP) is 2.54. The van der Waals surface area contributed by atoms with Crippen LogP contribution in [0.2, 0.25) is 0 Å². The Hall–Kier alpha value is -1.46. The van der Waals surface area contributed by atoms with Crippen molar-refractivity contribution in [3.05, 3.63) is 35.0 Å². The summed E-state index contributed by atoms with van der Waals surface area (Å²) in [6, 6.07) is 6.07. The van der Waals surface area contributed by atoms with E-state index in [0.29, 0.717) is 16.7 Å². The molecule has 0 unspecified atom stereocenters. The Bertz CT molecular complexity index is 563. The Morgan fingerprint density at radius 2 is 2.33 bits per heavy atom. The zero-order valence-electron chi connectivity index (χ0n) is 9.94. The highest BCUT2D eigenvalue weighted by atomic mass is 32.1. The van der Waals surface area contributed by atoms with Crippen LogP contribution < -0.4 is 5.32 Å². The average molecular weight is 267 g/mol. The molecule has 3 nitrogen and oxygen atoms in total. The molecule has 0 aliphatic heterocycles. The minimum atomic E-state index is -0.322. The van der Waals surface area contributed by atoms with Crippen molar-refractivity contribution in [2.24, 2.45) is 0 Å². The van der Waals surface area contributed by atoms with Crippen LogP contribution in [0.5, 0.6) is 0 Å². The van der Waals surface area contributed by atoms with E-state index in [4.69, 9.17) is 5.11 Å². The normalized spacial score (nSPS) is 12.6. The summed E-state index contributed by atoms with van der Waals surface area (Å²) in [4.78, 5) is 12.4. The first kappa shape index (κ1) is 13.0. The monoisotopic (exact) mass is 267 g/mol. The van der Waals surface area contributed by atoms with E-state index in [2.05, 4.69) is 5.32 Å². The predicted molar refractivity (Wildman–Crippen MR) is 70.4 cm³/mol. The third kappa shape index (κ3) is 2.52. The largest absolute Gasteiger partial charge is 0.394 e. The van der Waals surface area contributed by atoms with Crippen molar-refractivity contribution < 1.29 is 14.3 Å². The lowest BCUT2D eigenvalue weighted by Gasteiger charge is -2.12. The second kappa shape index (κ2) is 5.46. The number of benzene rings is 1. The van der Waals surface area contributed by atoms with Gasteiger partial charge in [0, 0.05) is 10.1 Å². The molecule has 2 rings (SSSR count). The van der Waals surface area contributed by atoms with Crippen LogP contribution in [-0.4, -0.2) is 23.7 Å². The summed E-state index contributed by atoms with van der Waals surface area (Å²) in [5.74, 6) is -0.589. The van der Waals surface area contributed by atoms with E-state index in [1.807, 2.05) is 6.92 Å². The van der Waals surface area contributed by atoms with Crippen molar-refractivity contribution in [2.75, 3.05) is 6.61 Å². The van der Waals surface area contributed by atoms with E-state index in [0.717, 1.165) is 4.70 Å². The van der Waals surface area contributed by atoms with Gasteiger partial charge in [0.05, 0.1) is 17.5 Å². The van der Waals surface area contributed by atoms with Gasteiger partial charge in [-0.25, -0.2) is 4.39 Å². The number of aliphatic hydroxyl groups excluding tert-OH is 1. The first-order valence-electron chi connectivity index (χ1n) is 5.75. The maximum atomic E-state index is 13.5. The lowest BCUT2D eigenvalue weighted by atomic mass is 10.2. The van der Waals surface area contributed by atoms with Crippen molar-refractivity contribution in [1.29, 1.82) is 0 Å². The van der Waals surface area contributed by atoms with Crippen LogP contribution in [0.4, 0.5) is 4.39 Å².